The molecular formula is C18H13ClF2N4O. The van der Waals surface area contributed by atoms with Gasteiger partial charge < -0.3 is 14.8 Å². The number of halogens is 3. The lowest BCUT2D eigenvalue weighted by Gasteiger charge is -2.06. The predicted molar refractivity (Wildman–Crippen MR) is 94.8 cm³/mol. The lowest BCUT2D eigenvalue weighted by molar-refractivity contribution is 0.420. The van der Waals surface area contributed by atoms with Crippen molar-refractivity contribution in [3.63, 3.8) is 0 Å². The van der Waals surface area contributed by atoms with E-state index in [0.717, 1.165) is 34.8 Å². The van der Waals surface area contributed by atoms with E-state index < -0.39 is 11.6 Å². The number of aromatic nitrogens is 3. The number of benzene rings is 2. The van der Waals surface area contributed by atoms with Crippen LogP contribution in [0.5, 0.6) is 0 Å². The molecule has 0 aliphatic carbocycles. The zero-order valence-corrected chi connectivity index (χ0v) is 14.4. The standard InChI is InChI=1S/C18H13ClF2N4O/c1-9-4-13-15(3-2-14(22)17(13)19)25(9)8-16-23-18(26-24-16)10-5-11(20)7-12(21)6-10/h2-7H,8,22H2,1H3. The van der Waals surface area contributed by atoms with Gasteiger partial charge in [0.15, 0.2) is 5.82 Å². The first-order valence-electron chi connectivity index (χ1n) is 7.75. The van der Waals surface area contributed by atoms with Crippen molar-refractivity contribution >= 4 is 28.2 Å². The molecule has 0 amide bonds. The highest BCUT2D eigenvalue weighted by Gasteiger charge is 2.15. The van der Waals surface area contributed by atoms with Gasteiger partial charge in [-0.25, -0.2) is 8.78 Å². The maximum Gasteiger partial charge on any atom is 0.258 e. The fourth-order valence-electron chi connectivity index (χ4n) is 2.91. The van der Waals surface area contributed by atoms with Crippen LogP contribution in [-0.2, 0) is 6.54 Å². The molecule has 5 nitrogen and oxygen atoms in total. The molecule has 132 valence electrons. The van der Waals surface area contributed by atoms with Crippen molar-refractivity contribution < 1.29 is 13.3 Å². The van der Waals surface area contributed by atoms with Gasteiger partial charge >= 0.3 is 0 Å². The Hall–Kier alpha value is -2.93. The zero-order chi connectivity index (χ0) is 18.4. The van der Waals surface area contributed by atoms with Crippen molar-refractivity contribution in [2.75, 3.05) is 5.73 Å². The Kier molecular flexibility index (Phi) is 3.88. The van der Waals surface area contributed by atoms with E-state index >= 15 is 0 Å². The van der Waals surface area contributed by atoms with E-state index in [9.17, 15) is 8.78 Å². The molecule has 8 heteroatoms. The zero-order valence-electron chi connectivity index (χ0n) is 13.6. The fourth-order valence-corrected chi connectivity index (χ4v) is 3.13. The van der Waals surface area contributed by atoms with E-state index in [0.29, 0.717) is 23.1 Å². The Morgan fingerprint density at radius 3 is 2.62 bits per heavy atom. The minimum atomic E-state index is -0.709. The average Bonchev–Trinajstić information content (AvgIpc) is 3.17. The molecule has 0 fully saturated rings. The maximum atomic E-state index is 13.4. The van der Waals surface area contributed by atoms with Gasteiger partial charge in [0.1, 0.15) is 11.6 Å². The van der Waals surface area contributed by atoms with E-state index in [1.807, 2.05) is 23.6 Å². The molecule has 0 aliphatic heterocycles. The van der Waals surface area contributed by atoms with Crippen molar-refractivity contribution in [3.05, 3.63) is 64.6 Å². The number of rotatable bonds is 3. The van der Waals surface area contributed by atoms with Gasteiger partial charge in [0.05, 0.1) is 22.8 Å². The molecule has 0 saturated heterocycles. The van der Waals surface area contributed by atoms with Crippen LogP contribution in [0.1, 0.15) is 11.5 Å². The van der Waals surface area contributed by atoms with Crippen LogP contribution in [0.2, 0.25) is 5.02 Å². The topological polar surface area (TPSA) is 69.9 Å². The van der Waals surface area contributed by atoms with E-state index in [1.54, 1.807) is 6.07 Å². The Labute approximate surface area is 152 Å². The number of hydrogen-bond donors (Lipinski definition) is 1. The van der Waals surface area contributed by atoms with Gasteiger partial charge in [0.2, 0.25) is 0 Å². The highest BCUT2D eigenvalue weighted by atomic mass is 35.5. The van der Waals surface area contributed by atoms with Crippen LogP contribution in [0.4, 0.5) is 14.5 Å². The first-order valence-corrected chi connectivity index (χ1v) is 8.13. The normalized spacial score (nSPS) is 11.4. The van der Waals surface area contributed by atoms with Crippen molar-refractivity contribution in [2.45, 2.75) is 13.5 Å². The second kappa shape index (κ2) is 6.10. The third-order valence-electron chi connectivity index (χ3n) is 4.13. The highest BCUT2D eigenvalue weighted by Crippen LogP contribution is 2.32. The number of aryl methyl sites for hydroxylation is 1. The fraction of sp³-hybridized carbons (Fsp3) is 0.111. The third-order valence-corrected chi connectivity index (χ3v) is 4.56. The number of nitrogens with zero attached hydrogens (tertiary/aromatic N) is 3. The monoisotopic (exact) mass is 374 g/mol. The lowest BCUT2D eigenvalue weighted by Crippen LogP contribution is -2.03. The summed E-state index contributed by atoms with van der Waals surface area (Å²) in [6, 6.07) is 8.59. The van der Waals surface area contributed by atoms with E-state index in [-0.39, 0.29) is 11.5 Å². The summed E-state index contributed by atoms with van der Waals surface area (Å²) in [7, 11) is 0. The number of fused-ring (bicyclic) bond motifs is 1. The van der Waals surface area contributed by atoms with Crippen molar-refractivity contribution in [1.29, 1.82) is 0 Å². The van der Waals surface area contributed by atoms with E-state index in [2.05, 4.69) is 10.1 Å². The van der Waals surface area contributed by atoms with Crippen molar-refractivity contribution in [3.8, 4) is 11.5 Å². The number of anilines is 1. The van der Waals surface area contributed by atoms with Crippen LogP contribution in [0.25, 0.3) is 22.4 Å². The van der Waals surface area contributed by atoms with Gasteiger partial charge in [-0.2, -0.15) is 4.98 Å². The molecule has 2 heterocycles. The summed E-state index contributed by atoms with van der Waals surface area (Å²) in [6.07, 6.45) is 0. The largest absolute Gasteiger partial charge is 0.398 e. The summed E-state index contributed by atoms with van der Waals surface area (Å²) in [5.74, 6) is -0.994. The summed E-state index contributed by atoms with van der Waals surface area (Å²) in [6.45, 7) is 2.24. The first kappa shape index (κ1) is 16.5. The minimum absolute atomic E-state index is 0.0507. The van der Waals surface area contributed by atoms with Crippen LogP contribution < -0.4 is 5.73 Å². The number of nitrogen functional groups attached to an aromatic ring is 1. The average molecular weight is 375 g/mol. The second-order valence-electron chi connectivity index (χ2n) is 5.95. The molecule has 4 aromatic rings. The van der Waals surface area contributed by atoms with Crippen molar-refractivity contribution in [2.24, 2.45) is 0 Å². The van der Waals surface area contributed by atoms with Crippen molar-refractivity contribution in [1.82, 2.24) is 14.7 Å². The van der Waals surface area contributed by atoms with Crippen LogP contribution in [-0.4, -0.2) is 14.7 Å². The van der Waals surface area contributed by atoms with E-state index in [1.165, 1.54) is 0 Å². The predicted octanol–water partition coefficient (Wildman–Crippen LogP) is 4.56. The molecule has 0 saturated carbocycles. The Bertz CT molecular complexity index is 1120. The van der Waals surface area contributed by atoms with Crippen LogP contribution >= 0.6 is 11.6 Å². The van der Waals surface area contributed by atoms with Gasteiger partial charge in [-0.15, -0.1) is 0 Å². The molecule has 0 spiro atoms. The molecule has 2 aromatic carbocycles. The molecule has 2 N–H and O–H groups in total. The van der Waals surface area contributed by atoms with Gasteiger partial charge in [-0.05, 0) is 37.3 Å². The Balaban J connectivity index is 1.71. The summed E-state index contributed by atoms with van der Waals surface area (Å²) in [4.78, 5) is 4.24. The van der Waals surface area contributed by atoms with E-state index in [4.69, 9.17) is 21.9 Å². The van der Waals surface area contributed by atoms with Gasteiger partial charge in [0.25, 0.3) is 5.89 Å². The molecule has 2 aromatic heterocycles. The Morgan fingerprint density at radius 1 is 1.15 bits per heavy atom. The van der Waals surface area contributed by atoms with Crippen LogP contribution in [0.15, 0.2) is 40.9 Å². The smallest absolute Gasteiger partial charge is 0.258 e. The maximum absolute atomic E-state index is 13.4. The SMILES string of the molecule is Cc1cc2c(Cl)c(N)ccc2n1Cc1noc(-c2cc(F)cc(F)c2)n1. The summed E-state index contributed by atoms with van der Waals surface area (Å²) < 4.78 is 33.8. The molecule has 26 heavy (non-hydrogen) atoms. The quantitative estimate of drug-likeness (QED) is 0.533. The molecular weight excluding hydrogens is 362 g/mol. The first-order chi connectivity index (χ1) is 12.4. The van der Waals surface area contributed by atoms with Gasteiger partial charge in [0, 0.05) is 22.7 Å². The summed E-state index contributed by atoms with van der Waals surface area (Å²) in [5.41, 5.74) is 8.36. The Morgan fingerprint density at radius 2 is 1.88 bits per heavy atom. The van der Waals surface area contributed by atoms with Gasteiger partial charge in [-0.1, -0.05) is 16.8 Å². The van der Waals surface area contributed by atoms with Gasteiger partial charge in [-0.3, -0.25) is 0 Å². The molecule has 0 atom stereocenters. The van der Waals surface area contributed by atoms with Crippen LogP contribution in [0.3, 0.4) is 0 Å². The molecule has 0 unspecified atom stereocenters. The molecule has 0 bridgehead atoms. The molecule has 0 radical (unpaired) electrons. The number of hydrogen-bond acceptors (Lipinski definition) is 4. The summed E-state index contributed by atoms with van der Waals surface area (Å²) >= 11 is 6.27. The number of nitrogens with two attached hydrogens (primary N) is 1. The minimum Gasteiger partial charge on any atom is -0.398 e. The molecule has 4 rings (SSSR count). The van der Waals surface area contributed by atoms with Crippen LogP contribution in [0, 0.1) is 18.6 Å². The summed E-state index contributed by atoms with van der Waals surface area (Å²) in [5, 5.41) is 5.23. The molecule has 0 aliphatic rings. The third kappa shape index (κ3) is 2.80. The highest BCUT2D eigenvalue weighted by molar-refractivity contribution is 6.38. The second-order valence-corrected chi connectivity index (χ2v) is 6.33. The lowest BCUT2D eigenvalue weighted by atomic mass is 10.2.